The monoisotopic (exact) mass is 358 g/mol. The van der Waals surface area contributed by atoms with Crippen molar-refractivity contribution in [3.8, 4) is 6.07 Å². The minimum atomic E-state index is -3.96. The molecule has 0 saturated heterocycles. The molecule has 7 heteroatoms. The van der Waals surface area contributed by atoms with E-state index >= 15 is 0 Å². The van der Waals surface area contributed by atoms with Crippen LogP contribution in [0.15, 0.2) is 59.5 Å². The zero-order valence-corrected chi connectivity index (χ0v) is 14.7. The summed E-state index contributed by atoms with van der Waals surface area (Å²) in [6, 6.07) is 15.5. The van der Waals surface area contributed by atoms with Gasteiger partial charge < -0.3 is 4.74 Å². The molecule has 2 rings (SSSR count). The fourth-order valence-corrected chi connectivity index (χ4v) is 3.89. The Balaban J connectivity index is 2.45. The zero-order valence-electron chi connectivity index (χ0n) is 13.9. The Hall–Kier alpha value is -2.69. The quantitative estimate of drug-likeness (QED) is 0.740. The van der Waals surface area contributed by atoms with Crippen LogP contribution in [0.25, 0.3) is 0 Å². The average Bonchev–Trinajstić information content (AvgIpc) is 2.65. The van der Waals surface area contributed by atoms with Crippen LogP contribution < -0.4 is 0 Å². The predicted octanol–water partition coefficient (Wildman–Crippen LogP) is 2.31. The Morgan fingerprint density at radius 1 is 1.16 bits per heavy atom. The fraction of sp³-hybridized carbons (Fsp3) is 0.222. The standard InChI is InChI=1S/C18H18N2O4S/c1-14(18(21)24-2)20(13-16-6-4-3-5-7-16)25(22,23)17-10-8-15(12-19)9-11-17/h3-11,14H,13H2,1-2H3/t14-/m0/s1. The number of nitriles is 1. The van der Waals surface area contributed by atoms with Crippen molar-refractivity contribution in [3.05, 3.63) is 65.7 Å². The van der Waals surface area contributed by atoms with Crippen LogP contribution in [0.1, 0.15) is 18.1 Å². The molecule has 2 aromatic rings. The molecule has 6 nitrogen and oxygen atoms in total. The topological polar surface area (TPSA) is 87.5 Å². The van der Waals surface area contributed by atoms with E-state index < -0.39 is 22.0 Å². The van der Waals surface area contributed by atoms with Crippen LogP contribution in [0, 0.1) is 11.3 Å². The second kappa shape index (κ2) is 7.92. The molecule has 0 unspecified atom stereocenters. The van der Waals surface area contributed by atoms with E-state index in [0.717, 1.165) is 9.87 Å². The van der Waals surface area contributed by atoms with Gasteiger partial charge in [-0.2, -0.15) is 9.57 Å². The Morgan fingerprint density at radius 2 is 1.76 bits per heavy atom. The summed E-state index contributed by atoms with van der Waals surface area (Å²) in [4.78, 5) is 12.0. The molecule has 0 amide bonds. The lowest BCUT2D eigenvalue weighted by Gasteiger charge is -2.26. The highest BCUT2D eigenvalue weighted by molar-refractivity contribution is 7.89. The predicted molar refractivity (Wildman–Crippen MR) is 91.8 cm³/mol. The first-order valence-electron chi connectivity index (χ1n) is 7.54. The van der Waals surface area contributed by atoms with E-state index in [1.54, 1.807) is 24.3 Å². The number of hydrogen-bond donors (Lipinski definition) is 0. The maximum Gasteiger partial charge on any atom is 0.323 e. The Kier molecular flexibility index (Phi) is 5.91. The minimum absolute atomic E-state index is 0.0122. The molecule has 0 saturated carbocycles. The average molecular weight is 358 g/mol. The van der Waals surface area contributed by atoms with Gasteiger partial charge in [-0.3, -0.25) is 4.79 Å². The van der Waals surface area contributed by atoms with Gasteiger partial charge in [-0.15, -0.1) is 0 Å². The first-order chi connectivity index (χ1) is 11.9. The molecule has 25 heavy (non-hydrogen) atoms. The molecular weight excluding hydrogens is 340 g/mol. The van der Waals surface area contributed by atoms with E-state index in [-0.39, 0.29) is 11.4 Å². The lowest BCUT2D eigenvalue weighted by molar-refractivity contribution is -0.144. The maximum atomic E-state index is 13.0. The van der Waals surface area contributed by atoms with Crippen molar-refractivity contribution in [1.82, 2.24) is 4.31 Å². The van der Waals surface area contributed by atoms with Crippen molar-refractivity contribution < 1.29 is 17.9 Å². The number of rotatable bonds is 6. The normalized spacial score (nSPS) is 12.4. The molecule has 0 aliphatic carbocycles. The first kappa shape index (κ1) is 18.6. The number of carbonyl (C=O) groups is 1. The third-order valence-electron chi connectivity index (χ3n) is 3.75. The third kappa shape index (κ3) is 4.24. The Bertz CT molecular complexity index is 872. The van der Waals surface area contributed by atoms with Crippen molar-refractivity contribution >= 4 is 16.0 Å². The molecule has 0 radical (unpaired) electrons. The number of benzene rings is 2. The largest absolute Gasteiger partial charge is 0.468 e. The van der Waals surface area contributed by atoms with Crippen LogP contribution in [0.5, 0.6) is 0 Å². The number of carbonyl (C=O) groups excluding carboxylic acids is 1. The second-order valence-electron chi connectivity index (χ2n) is 5.37. The summed E-state index contributed by atoms with van der Waals surface area (Å²) < 4.78 is 31.9. The van der Waals surface area contributed by atoms with Gasteiger partial charge in [0.15, 0.2) is 0 Å². The van der Waals surface area contributed by atoms with Crippen LogP contribution in [0.2, 0.25) is 0 Å². The molecule has 0 bridgehead atoms. The number of ether oxygens (including phenoxy) is 1. The number of esters is 1. The van der Waals surface area contributed by atoms with Crippen molar-refractivity contribution in [2.45, 2.75) is 24.4 Å². The summed E-state index contributed by atoms with van der Waals surface area (Å²) >= 11 is 0. The summed E-state index contributed by atoms with van der Waals surface area (Å²) in [5.74, 6) is -0.645. The van der Waals surface area contributed by atoms with E-state index in [1.165, 1.54) is 38.3 Å². The summed E-state index contributed by atoms with van der Waals surface area (Å²) in [6.07, 6.45) is 0. The van der Waals surface area contributed by atoms with Crippen LogP contribution in [0.3, 0.4) is 0 Å². The number of methoxy groups -OCH3 is 1. The van der Waals surface area contributed by atoms with Crippen LogP contribution in [-0.2, 0) is 26.1 Å². The van der Waals surface area contributed by atoms with Gasteiger partial charge in [-0.05, 0) is 36.8 Å². The van der Waals surface area contributed by atoms with E-state index in [0.29, 0.717) is 5.56 Å². The van der Waals surface area contributed by atoms with Crippen LogP contribution in [0.4, 0.5) is 0 Å². The van der Waals surface area contributed by atoms with Gasteiger partial charge in [0, 0.05) is 6.54 Å². The molecule has 130 valence electrons. The summed E-state index contributed by atoms with van der Waals surface area (Å²) in [5, 5.41) is 8.86. The van der Waals surface area contributed by atoms with Crippen molar-refractivity contribution in [3.63, 3.8) is 0 Å². The smallest absolute Gasteiger partial charge is 0.323 e. The minimum Gasteiger partial charge on any atom is -0.468 e. The SMILES string of the molecule is COC(=O)[C@H](C)N(Cc1ccccc1)S(=O)(=O)c1ccc(C#N)cc1. The van der Waals surface area contributed by atoms with Gasteiger partial charge in [-0.1, -0.05) is 30.3 Å². The van der Waals surface area contributed by atoms with E-state index in [9.17, 15) is 13.2 Å². The number of nitrogens with zero attached hydrogens (tertiary/aromatic N) is 2. The Labute approximate surface area is 147 Å². The van der Waals surface area contributed by atoms with E-state index in [2.05, 4.69) is 0 Å². The highest BCUT2D eigenvalue weighted by atomic mass is 32.2. The molecule has 1 atom stereocenters. The highest BCUT2D eigenvalue weighted by Gasteiger charge is 2.33. The van der Waals surface area contributed by atoms with Crippen LogP contribution in [-0.4, -0.2) is 31.8 Å². The third-order valence-corrected chi connectivity index (χ3v) is 5.68. The molecule has 0 aliphatic rings. The molecule has 0 spiro atoms. The summed E-state index contributed by atoms with van der Waals surface area (Å²) in [6.45, 7) is 1.51. The number of hydrogen-bond acceptors (Lipinski definition) is 5. The lowest BCUT2D eigenvalue weighted by atomic mass is 10.2. The van der Waals surface area contributed by atoms with Gasteiger partial charge in [0.1, 0.15) is 6.04 Å². The van der Waals surface area contributed by atoms with Gasteiger partial charge in [0.05, 0.1) is 23.6 Å². The molecule has 2 aromatic carbocycles. The van der Waals surface area contributed by atoms with Gasteiger partial charge in [-0.25, -0.2) is 8.42 Å². The lowest BCUT2D eigenvalue weighted by Crippen LogP contribution is -2.43. The fourth-order valence-electron chi connectivity index (χ4n) is 2.32. The second-order valence-corrected chi connectivity index (χ2v) is 7.26. The number of sulfonamides is 1. The van der Waals surface area contributed by atoms with Gasteiger partial charge in [0.2, 0.25) is 10.0 Å². The molecule has 0 aliphatic heterocycles. The van der Waals surface area contributed by atoms with Crippen molar-refractivity contribution in [2.24, 2.45) is 0 Å². The van der Waals surface area contributed by atoms with E-state index in [1.807, 2.05) is 12.1 Å². The van der Waals surface area contributed by atoms with Crippen LogP contribution >= 0.6 is 0 Å². The highest BCUT2D eigenvalue weighted by Crippen LogP contribution is 2.22. The maximum absolute atomic E-state index is 13.0. The van der Waals surface area contributed by atoms with E-state index in [4.69, 9.17) is 10.00 Å². The van der Waals surface area contributed by atoms with Gasteiger partial charge in [0.25, 0.3) is 0 Å². The molecule has 0 N–H and O–H groups in total. The Morgan fingerprint density at radius 3 is 2.28 bits per heavy atom. The molecule has 0 heterocycles. The summed E-state index contributed by atoms with van der Waals surface area (Å²) in [7, 11) is -2.74. The molecule has 0 aromatic heterocycles. The van der Waals surface area contributed by atoms with Crippen molar-refractivity contribution in [2.75, 3.05) is 7.11 Å². The van der Waals surface area contributed by atoms with Gasteiger partial charge >= 0.3 is 5.97 Å². The zero-order chi connectivity index (χ0) is 18.4. The van der Waals surface area contributed by atoms with Crippen molar-refractivity contribution in [1.29, 1.82) is 5.26 Å². The molecule has 0 fully saturated rings. The molecular formula is C18H18N2O4S. The first-order valence-corrected chi connectivity index (χ1v) is 8.98. The summed E-state index contributed by atoms with van der Waals surface area (Å²) in [5.41, 5.74) is 1.10.